The van der Waals surface area contributed by atoms with Gasteiger partial charge in [0.25, 0.3) is 23.6 Å². The molecule has 6 rings (SSSR count). The van der Waals surface area contributed by atoms with E-state index in [1.807, 2.05) is 13.8 Å². The Balaban J connectivity index is 1.46. The molecule has 4 N–H and O–H groups in total. The minimum absolute atomic E-state index is 0.00822. The molecule has 51 heavy (non-hydrogen) atoms. The molecule has 2 aliphatic heterocycles. The Morgan fingerprint density at radius 2 is 0.863 bits per heavy atom. The summed E-state index contributed by atoms with van der Waals surface area (Å²) in [5.74, 6) is -4.21. The number of imide groups is 2. The lowest BCUT2D eigenvalue weighted by Gasteiger charge is -2.38. The van der Waals surface area contributed by atoms with Crippen LogP contribution >= 0.6 is 0 Å². The first-order valence-corrected chi connectivity index (χ1v) is 15.9. The molecular formula is C37H30F6N4O4. The molecule has 2 heterocycles. The summed E-state index contributed by atoms with van der Waals surface area (Å²) in [4.78, 5) is 55.0. The Bertz CT molecular complexity index is 1990. The molecule has 0 unspecified atom stereocenters. The maximum atomic E-state index is 15.2. The van der Waals surface area contributed by atoms with Crippen LogP contribution in [0.15, 0.2) is 72.8 Å². The van der Waals surface area contributed by atoms with Crippen molar-refractivity contribution in [2.45, 2.75) is 57.3 Å². The van der Waals surface area contributed by atoms with Crippen LogP contribution in [0.1, 0.15) is 90.4 Å². The van der Waals surface area contributed by atoms with E-state index in [1.54, 1.807) is 12.1 Å². The van der Waals surface area contributed by atoms with Gasteiger partial charge in [0.1, 0.15) is 0 Å². The number of aryl methyl sites for hydroxylation is 2. The van der Waals surface area contributed by atoms with Gasteiger partial charge in [-0.25, -0.2) is 9.80 Å². The summed E-state index contributed by atoms with van der Waals surface area (Å²) < 4.78 is 91.2. The topological polar surface area (TPSA) is 127 Å². The first kappa shape index (κ1) is 35.2. The molecule has 0 atom stereocenters. The normalized spacial score (nSPS) is 14.8. The van der Waals surface area contributed by atoms with Crippen LogP contribution < -0.4 is 21.3 Å². The number of rotatable bonds is 8. The highest BCUT2D eigenvalue weighted by atomic mass is 19.4. The fourth-order valence-corrected chi connectivity index (χ4v) is 6.84. The minimum Gasteiger partial charge on any atom is -0.398 e. The van der Waals surface area contributed by atoms with Gasteiger partial charge in [-0.05, 0) is 83.6 Å². The van der Waals surface area contributed by atoms with Crippen LogP contribution in [0.25, 0.3) is 0 Å². The van der Waals surface area contributed by atoms with Gasteiger partial charge in [-0.3, -0.25) is 19.2 Å². The van der Waals surface area contributed by atoms with Crippen molar-refractivity contribution in [3.63, 3.8) is 0 Å². The summed E-state index contributed by atoms with van der Waals surface area (Å²) in [5, 5.41) is 0. The van der Waals surface area contributed by atoms with Gasteiger partial charge in [-0.2, -0.15) is 26.3 Å². The summed E-state index contributed by atoms with van der Waals surface area (Å²) in [6.45, 7) is 3.82. The average molecular weight is 709 g/mol. The van der Waals surface area contributed by atoms with Gasteiger partial charge in [0.15, 0.2) is 0 Å². The molecule has 2 aliphatic rings. The zero-order valence-corrected chi connectivity index (χ0v) is 27.2. The number of nitrogen functional groups attached to an aromatic ring is 2. The largest absolute Gasteiger partial charge is 0.411 e. The van der Waals surface area contributed by atoms with Crippen molar-refractivity contribution in [3.05, 3.63) is 117 Å². The third-order valence-corrected chi connectivity index (χ3v) is 9.30. The van der Waals surface area contributed by atoms with Crippen LogP contribution in [0.3, 0.4) is 0 Å². The molecule has 0 spiro atoms. The molecule has 0 saturated carbocycles. The van der Waals surface area contributed by atoms with Crippen LogP contribution in [0.2, 0.25) is 0 Å². The highest BCUT2D eigenvalue weighted by molar-refractivity contribution is 6.35. The van der Waals surface area contributed by atoms with Gasteiger partial charge < -0.3 is 11.5 Å². The quantitative estimate of drug-likeness (QED) is 0.109. The first-order valence-electron chi connectivity index (χ1n) is 15.9. The fourth-order valence-electron chi connectivity index (χ4n) is 6.84. The van der Waals surface area contributed by atoms with Gasteiger partial charge in [-0.15, -0.1) is 0 Å². The summed E-state index contributed by atoms with van der Waals surface area (Å²) in [5.41, 5.74) is 4.28. The van der Waals surface area contributed by atoms with E-state index < -0.39 is 74.8 Å². The number of carbonyl (C=O) groups excluding carboxylic acids is 4. The summed E-state index contributed by atoms with van der Waals surface area (Å²) in [7, 11) is 0. The second-order valence-electron chi connectivity index (χ2n) is 12.4. The lowest BCUT2D eigenvalue weighted by Crippen LogP contribution is -2.55. The third kappa shape index (κ3) is 5.31. The average Bonchev–Trinajstić information content (AvgIpc) is 3.45. The van der Waals surface area contributed by atoms with Gasteiger partial charge in [0, 0.05) is 11.4 Å². The van der Waals surface area contributed by atoms with Crippen LogP contribution in [-0.2, 0) is 18.3 Å². The van der Waals surface area contributed by atoms with Crippen molar-refractivity contribution in [1.29, 1.82) is 0 Å². The van der Waals surface area contributed by atoms with E-state index in [2.05, 4.69) is 0 Å². The van der Waals surface area contributed by atoms with Crippen molar-refractivity contribution >= 4 is 46.4 Å². The van der Waals surface area contributed by atoms with Crippen LogP contribution in [0.5, 0.6) is 0 Å². The maximum absolute atomic E-state index is 15.2. The molecular weight excluding hydrogens is 678 g/mol. The van der Waals surface area contributed by atoms with Crippen molar-refractivity contribution in [2.75, 3.05) is 21.3 Å². The molecule has 0 aromatic heterocycles. The zero-order valence-electron chi connectivity index (χ0n) is 27.2. The van der Waals surface area contributed by atoms with Crippen molar-refractivity contribution in [3.8, 4) is 0 Å². The Hall–Kier alpha value is -5.66. The number of alkyl halides is 6. The smallest absolute Gasteiger partial charge is 0.398 e. The van der Waals surface area contributed by atoms with E-state index in [-0.39, 0.29) is 22.7 Å². The highest BCUT2D eigenvalue weighted by Gasteiger charge is 2.73. The third-order valence-electron chi connectivity index (χ3n) is 9.30. The van der Waals surface area contributed by atoms with Crippen LogP contribution in [-0.4, -0.2) is 36.0 Å². The summed E-state index contributed by atoms with van der Waals surface area (Å²) >= 11 is 0. The molecule has 0 aliphatic carbocycles. The predicted octanol–water partition coefficient (Wildman–Crippen LogP) is 7.77. The van der Waals surface area contributed by atoms with Crippen molar-refractivity contribution < 1.29 is 45.5 Å². The fraction of sp³-hybridized carbons (Fsp3) is 0.243. The van der Waals surface area contributed by atoms with Crippen molar-refractivity contribution in [2.24, 2.45) is 0 Å². The molecule has 0 bridgehead atoms. The second-order valence-corrected chi connectivity index (χ2v) is 12.4. The number of hydrogen-bond acceptors (Lipinski definition) is 6. The standard InChI is InChI=1S/C37H30F6N4O4/c1-3-5-19-7-11-23(17-29(19)44)46-31(48)25-13-9-21(15-27(25)33(46)50)35(36(38,39)40,37(41,42)43)22-10-14-26-28(16-22)34(51)47(32(26)49)24-12-8-20(6-4-2)30(45)18-24/h7-18H,3-6,44-45H2,1-2H3. The monoisotopic (exact) mass is 708 g/mol. The van der Waals surface area contributed by atoms with E-state index >= 15 is 26.3 Å². The number of halogens is 6. The van der Waals surface area contributed by atoms with Gasteiger partial charge in [-0.1, -0.05) is 51.0 Å². The molecule has 4 aromatic carbocycles. The number of nitrogens with zero attached hydrogens (tertiary/aromatic N) is 2. The molecule has 14 heteroatoms. The van der Waals surface area contributed by atoms with Crippen LogP contribution in [0, 0.1) is 0 Å². The summed E-state index contributed by atoms with van der Waals surface area (Å²) in [6.07, 6.45) is -9.52. The Morgan fingerprint density at radius 3 is 1.18 bits per heavy atom. The molecule has 0 saturated heterocycles. The Morgan fingerprint density at radius 1 is 0.510 bits per heavy atom. The Labute approximate surface area is 287 Å². The molecule has 264 valence electrons. The SMILES string of the molecule is CCCc1ccc(N2C(=O)c3ccc(C(c4ccc5c(c4)C(=O)N(c4ccc(CCC)c(N)c4)C5=O)(C(F)(F)F)C(F)(F)F)cc3C2=O)cc1N. The number of benzene rings is 4. The highest BCUT2D eigenvalue weighted by Crippen LogP contribution is 2.57. The van der Waals surface area contributed by atoms with Gasteiger partial charge >= 0.3 is 12.4 Å². The molecule has 4 aromatic rings. The molecule has 0 fully saturated rings. The molecule has 0 radical (unpaired) electrons. The van der Waals surface area contributed by atoms with E-state index in [0.29, 0.717) is 46.9 Å². The molecule has 4 amide bonds. The number of anilines is 4. The lowest BCUT2D eigenvalue weighted by molar-refractivity contribution is -0.288. The number of amides is 4. The Kier molecular flexibility index (Phi) is 8.47. The number of fused-ring (bicyclic) bond motifs is 2. The first-order chi connectivity index (χ1) is 24.0. The zero-order chi connectivity index (χ0) is 37.2. The van der Waals surface area contributed by atoms with E-state index in [4.69, 9.17) is 11.5 Å². The second kappa shape index (κ2) is 12.3. The maximum Gasteiger partial charge on any atom is 0.411 e. The summed E-state index contributed by atoms with van der Waals surface area (Å²) in [6, 6.07) is 11.9. The van der Waals surface area contributed by atoms with E-state index in [1.165, 1.54) is 24.3 Å². The predicted molar refractivity (Wildman–Crippen MR) is 178 cm³/mol. The van der Waals surface area contributed by atoms with Crippen LogP contribution in [0.4, 0.5) is 49.1 Å². The van der Waals surface area contributed by atoms with Gasteiger partial charge in [0.2, 0.25) is 5.41 Å². The van der Waals surface area contributed by atoms with E-state index in [0.717, 1.165) is 36.1 Å². The van der Waals surface area contributed by atoms with E-state index in [9.17, 15) is 19.2 Å². The minimum atomic E-state index is -6.10. The number of carbonyl (C=O) groups is 4. The molecule has 8 nitrogen and oxygen atoms in total. The lowest BCUT2D eigenvalue weighted by atomic mass is 9.71. The van der Waals surface area contributed by atoms with Crippen molar-refractivity contribution in [1.82, 2.24) is 0 Å². The van der Waals surface area contributed by atoms with Gasteiger partial charge in [0.05, 0.1) is 33.6 Å². The number of nitrogens with two attached hydrogens (primary N) is 2. The number of hydrogen-bond donors (Lipinski definition) is 2.